The van der Waals surface area contributed by atoms with E-state index in [4.69, 9.17) is 9.84 Å². The average Bonchev–Trinajstić information content (AvgIpc) is 2.08. The summed E-state index contributed by atoms with van der Waals surface area (Å²) < 4.78 is 5.33. The van der Waals surface area contributed by atoms with Crippen molar-refractivity contribution in [3.63, 3.8) is 0 Å². The Morgan fingerprint density at radius 3 is 2.27 bits per heavy atom. The Morgan fingerprint density at radius 1 is 1.20 bits per heavy atom. The molecule has 0 spiro atoms. The predicted molar refractivity (Wildman–Crippen MR) is 60.8 cm³/mol. The zero-order valence-electron chi connectivity index (χ0n) is 9.71. The summed E-state index contributed by atoms with van der Waals surface area (Å²) in [5.74, 6) is -2.08. The van der Waals surface area contributed by atoms with Gasteiger partial charge in [-0.05, 0) is 12.5 Å². The fraction of sp³-hybridized carbons (Fsp3) is 0.800. The van der Waals surface area contributed by atoms with Crippen LogP contribution in [0.3, 0.4) is 0 Å². The van der Waals surface area contributed by atoms with E-state index in [1.165, 1.54) is 0 Å². The molecule has 0 aromatic carbocycles. The van der Waals surface area contributed by atoms with Crippen LogP contribution in [0, 0.1) is 0 Å². The zero-order valence-corrected chi connectivity index (χ0v) is 10.7. The number of carbonyl (C=O) groups excluding carboxylic acids is 1. The van der Waals surface area contributed by atoms with Crippen molar-refractivity contribution in [2.75, 3.05) is 13.2 Å². The first-order valence-corrected chi connectivity index (χ1v) is 8.87. The summed E-state index contributed by atoms with van der Waals surface area (Å²) in [6.45, 7) is 8.00. The number of hydrogen-bond donors (Lipinski definition) is 1. The molecule has 5 heteroatoms. The fourth-order valence-electron chi connectivity index (χ4n) is 0.922. The molecule has 0 aromatic heterocycles. The maximum atomic E-state index is 10.7. The summed E-state index contributed by atoms with van der Waals surface area (Å²) in [6.07, 6.45) is 0.569. The molecule has 0 heterocycles. The number of rotatable bonds is 8. The van der Waals surface area contributed by atoms with Crippen LogP contribution in [0.4, 0.5) is 0 Å². The van der Waals surface area contributed by atoms with E-state index >= 15 is 0 Å². The third kappa shape index (κ3) is 9.62. The van der Waals surface area contributed by atoms with E-state index in [2.05, 4.69) is 19.6 Å². The molecule has 0 rings (SSSR count). The second-order valence-electron chi connectivity index (χ2n) is 4.75. The van der Waals surface area contributed by atoms with Crippen molar-refractivity contribution in [3.8, 4) is 0 Å². The van der Waals surface area contributed by atoms with Crippen molar-refractivity contribution in [1.82, 2.24) is 0 Å². The SMILES string of the molecule is C[Si](C)(C)CCOCCCC(=O)C(=O)O. The molecule has 0 aliphatic heterocycles. The molecule has 0 radical (unpaired) electrons. The minimum atomic E-state index is -1.35. The monoisotopic (exact) mass is 232 g/mol. The van der Waals surface area contributed by atoms with E-state index < -0.39 is 19.8 Å². The number of aliphatic carboxylic acids is 1. The van der Waals surface area contributed by atoms with Crippen molar-refractivity contribution in [1.29, 1.82) is 0 Å². The first-order chi connectivity index (χ1) is 6.83. The van der Waals surface area contributed by atoms with E-state index in [0.717, 1.165) is 12.7 Å². The molecule has 15 heavy (non-hydrogen) atoms. The lowest BCUT2D eigenvalue weighted by Gasteiger charge is -2.15. The number of carbonyl (C=O) groups is 2. The van der Waals surface area contributed by atoms with Crippen molar-refractivity contribution >= 4 is 19.8 Å². The predicted octanol–water partition coefficient (Wildman–Crippen LogP) is 1.78. The van der Waals surface area contributed by atoms with Crippen LogP contribution >= 0.6 is 0 Å². The number of carboxylic acid groups (broad SMARTS) is 1. The Hall–Kier alpha value is -0.683. The Balaban J connectivity index is 3.33. The first-order valence-electron chi connectivity index (χ1n) is 5.17. The van der Waals surface area contributed by atoms with Crippen LogP contribution < -0.4 is 0 Å². The standard InChI is InChI=1S/C10H20O4Si/c1-15(2,3)8-7-14-6-4-5-9(11)10(12)13/h4-8H2,1-3H3,(H,12,13). The Kier molecular flexibility index (Phi) is 6.43. The smallest absolute Gasteiger partial charge is 0.372 e. The van der Waals surface area contributed by atoms with Gasteiger partial charge in [-0.3, -0.25) is 4.79 Å². The van der Waals surface area contributed by atoms with E-state index in [1.54, 1.807) is 0 Å². The average molecular weight is 232 g/mol. The van der Waals surface area contributed by atoms with Gasteiger partial charge in [0.2, 0.25) is 5.78 Å². The van der Waals surface area contributed by atoms with Gasteiger partial charge in [0.1, 0.15) is 0 Å². The quantitative estimate of drug-likeness (QED) is 0.393. The van der Waals surface area contributed by atoms with Gasteiger partial charge in [-0.1, -0.05) is 19.6 Å². The summed E-state index contributed by atoms with van der Waals surface area (Å²) in [6, 6.07) is 1.10. The lowest BCUT2D eigenvalue weighted by molar-refractivity contribution is -0.149. The molecule has 0 amide bonds. The summed E-state index contributed by atoms with van der Waals surface area (Å²) in [5.41, 5.74) is 0. The molecule has 88 valence electrons. The van der Waals surface area contributed by atoms with Gasteiger partial charge in [-0.2, -0.15) is 0 Å². The molecule has 0 bridgehead atoms. The van der Waals surface area contributed by atoms with Gasteiger partial charge in [-0.25, -0.2) is 4.79 Å². The third-order valence-electron chi connectivity index (χ3n) is 1.93. The number of carboxylic acids is 1. The molecular formula is C10H20O4Si. The van der Waals surface area contributed by atoms with E-state index in [1.807, 2.05) is 0 Å². The van der Waals surface area contributed by atoms with Crippen LogP contribution in [0.25, 0.3) is 0 Å². The second-order valence-corrected chi connectivity index (χ2v) is 10.4. The van der Waals surface area contributed by atoms with E-state index in [0.29, 0.717) is 13.0 Å². The van der Waals surface area contributed by atoms with Crippen LogP contribution in [0.15, 0.2) is 0 Å². The van der Waals surface area contributed by atoms with Crippen LogP contribution in [0.2, 0.25) is 25.7 Å². The van der Waals surface area contributed by atoms with Gasteiger partial charge in [0.25, 0.3) is 0 Å². The molecule has 0 aliphatic carbocycles. The van der Waals surface area contributed by atoms with Crippen LogP contribution in [0.5, 0.6) is 0 Å². The highest BCUT2D eigenvalue weighted by molar-refractivity contribution is 6.76. The van der Waals surface area contributed by atoms with Crippen molar-refractivity contribution in [2.45, 2.75) is 38.5 Å². The number of Topliss-reactive ketones (excluding diaryl/α,β-unsaturated/α-hetero) is 1. The number of ketones is 1. The molecule has 0 aliphatic rings. The van der Waals surface area contributed by atoms with Crippen LogP contribution in [0.1, 0.15) is 12.8 Å². The fourth-order valence-corrected chi connectivity index (χ4v) is 1.68. The minimum absolute atomic E-state index is 0.0717. The molecule has 0 fully saturated rings. The minimum Gasteiger partial charge on any atom is -0.476 e. The molecular weight excluding hydrogens is 212 g/mol. The molecule has 1 N–H and O–H groups in total. The molecule has 4 nitrogen and oxygen atoms in total. The van der Waals surface area contributed by atoms with Crippen molar-refractivity contribution in [2.24, 2.45) is 0 Å². The second kappa shape index (κ2) is 6.74. The van der Waals surface area contributed by atoms with Gasteiger partial charge in [0.05, 0.1) is 0 Å². The summed E-state index contributed by atoms with van der Waals surface area (Å²) in [4.78, 5) is 20.9. The van der Waals surface area contributed by atoms with E-state index in [-0.39, 0.29) is 6.42 Å². The van der Waals surface area contributed by atoms with Crippen LogP contribution in [-0.4, -0.2) is 38.1 Å². The molecule has 0 saturated heterocycles. The molecule has 0 aromatic rings. The maximum absolute atomic E-state index is 10.7. The highest BCUT2D eigenvalue weighted by atomic mass is 28.3. The lowest BCUT2D eigenvalue weighted by Crippen LogP contribution is -2.21. The summed E-state index contributed by atoms with van der Waals surface area (Å²) in [7, 11) is -1.04. The number of hydrogen-bond acceptors (Lipinski definition) is 3. The largest absolute Gasteiger partial charge is 0.476 e. The Labute approximate surface area is 91.6 Å². The first kappa shape index (κ1) is 14.3. The molecule has 0 atom stereocenters. The topological polar surface area (TPSA) is 63.6 Å². The molecule has 0 unspecified atom stereocenters. The van der Waals surface area contributed by atoms with Gasteiger partial charge < -0.3 is 9.84 Å². The lowest BCUT2D eigenvalue weighted by atomic mass is 10.2. The number of ether oxygens (including phenoxy) is 1. The van der Waals surface area contributed by atoms with Crippen molar-refractivity contribution in [3.05, 3.63) is 0 Å². The Morgan fingerprint density at radius 2 is 1.80 bits per heavy atom. The van der Waals surface area contributed by atoms with Gasteiger partial charge in [0, 0.05) is 27.7 Å². The van der Waals surface area contributed by atoms with Crippen molar-refractivity contribution < 1.29 is 19.4 Å². The third-order valence-corrected chi connectivity index (χ3v) is 3.63. The van der Waals surface area contributed by atoms with Gasteiger partial charge in [-0.15, -0.1) is 0 Å². The Bertz CT molecular complexity index is 220. The molecule has 0 saturated carbocycles. The van der Waals surface area contributed by atoms with Gasteiger partial charge >= 0.3 is 5.97 Å². The summed E-state index contributed by atoms with van der Waals surface area (Å²) >= 11 is 0. The maximum Gasteiger partial charge on any atom is 0.372 e. The zero-order chi connectivity index (χ0) is 11.9. The summed E-state index contributed by atoms with van der Waals surface area (Å²) in [5, 5.41) is 8.31. The highest BCUT2D eigenvalue weighted by Crippen LogP contribution is 2.07. The highest BCUT2D eigenvalue weighted by Gasteiger charge is 2.12. The normalized spacial score (nSPS) is 11.4. The van der Waals surface area contributed by atoms with Gasteiger partial charge in [0.15, 0.2) is 0 Å². The van der Waals surface area contributed by atoms with Crippen LogP contribution in [-0.2, 0) is 14.3 Å². The van der Waals surface area contributed by atoms with E-state index in [9.17, 15) is 9.59 Å².